The first kappa shape index (κ1) is 17.4. The number of nitriles is 1. The first-order valence-electron chi connectivity index (χ1n) is 8.55. The second kappa shape index (κ2) is 8.13. The maximum Gasteiger partial charge on any atom is 0.270 e. The molecular weight excluding hydrogens is 326 g/mol. The molecule has 1 saturated heterocycles. The van der Waals surface area contributed by atoms with E-state index < -0.39 is 0 Å². The molecule has 1 fully saturated rings. The van der Waals surface area contributed by atoms with Crippen LogP contribution >= 0.6 is 0 Å². The summed E-state index contributed by atoms with van der Waals surface area (Å²) in [7, 11) is 0. The normalized spacial score (nSPS) is 14.0. The van der Waals surface area contributed by atoms with E-state index >= 15 is 0 Å². The average molecular weight is 345 g/mol. The molecule has 0 bridgehead atoms. The Balaban J connectivity index is 1.87. The number of carbonyl (C=O) groups excluding carboxylic acids is 2. The Bertz CT molecular complexity index is 858. The van der Waals surface area contributed by atoms with Crippen LogP contribution in [0.5, 0.6) is 0 Å². The number of benzene rings is 2. The van der Waals surface area contributed by atoms with Crippen molar-refractivity contribution in [1.29, 1.82) is 5.26 Å². The lowest BCUT2D eigenvalue weighted by molar-refractivity contribution is -0.126. The Hall–Kier alpha value is -3.39. The van der Waals surface area contributed by atoms with Gasteiger partial charge in [-0.05, 0) is 48.7 Å². The molecule has 0 unspecified atom stereocenters. The molecule has 1 N–H and O–H groups in total. The van der Waals surface area contributed by atoms with Gasteiger partial charge in [-0.3, -0.25) is 9.59 Å². The molecule has 0 aliphatic carbocycles. The fourth-order valence-electron chi connectivity index (χ4n) is 2.85. The molecule has 5 nitrogen and oxygen atoms in total. The maximum absolute atomic E-state index is 12.8. The summed E-state index contributed by atoms with van der Waals surface area (Å²) in [6.45, 7) is 1.40. The summed E-state index contributed by atoms with van der Waals surface area (Å²) in [4.78, 5) is 27.1. The molecule has 0 saturated carbocycles. The standard InChI is InChI=1S/C21H19N3O2/c22-15-17-10-8-16(9-11-17)14-19(21(26)24-12-4-5-13-24)23-20(25)18-6-2-1-3-7-18/h1-3,6-11,14H,4-5,12-13H2,(H,23,25)/b19-14-. The average Bonchev–Trinajstić information content (AvgIpc) is 3.23. The Morgan fingerprint density at radius 3 is 2.27 bits per heavy atom. The topological polar surface area (TPSA) is 73.2 Å². The van der Waals surface area contributed by atoms with Crippen molar-refractivity contribution in [2.45, 2.75) is 12.8 Å². The zero-order valence-electron chi connectivity index (χ0n) is 14.3. The number of rotatable bonds is 4. The molecule has 130 valence electrons. The van der Waals surface area contributed by atoms with Gasteiger partial charge in [0.1, 0.15) is 5.70 Å². The third kappa shape index (κ3) is 4.17. The summed E-state index contributed by atoms with van der Waals surface area (Å²) in [6, 6.07) is 17.7. The van der Waals surface area contributed by atoms with Crippen LogP contribution in [0.15, 0.2) is 60.3 Å². The van der Waals surface area contributed by atoms with E-state index in [2.05, 4.69) is 11.4 Å². The first-order chi connectivity index (χ1) is 12.7. The van der Waals surface area contributed by atoms with Crippen LogP contribution in [0.3, 0.4) is 0 Å². The highest BCUT2D eigenvalue weighted by Crippen LogP contribution is 2.14. The minimum atomic E-state index is -0.321. The van der Waals surface area contributed by atoms with E-state index in [1.54, 1.807) is 59.5 Å². The van der Waals surface area contributed by atoms with Gasteiger partial charge in [0, 0.05) is 18.7 Å². The van der Waals surface area contributed by atoms with Gasteiger partial charge in [-0.2, -0.15) is 5.26 Å². The maximum atomic E-state index is 12.8. The van der Waals surface area contributed by atoms with Crippen molar-refractivity contribution < 1.29 is 9.59 Å². The third-order valence-corrected chi connectivity index (χ3v) is 4.26. The highest BCUT2D eigenvalue weighted by atomic mass is 16.2. The van der Waals surface area contributed by atoms with Crippen LogP contribution in [0, 0.1) is 11.3 Å². The summed E-state index contributed by atoms with van der Waals surface area (Å²) in [5.41, 5.74) is 2.03. The third-order valence-electron chi connectivity index (χ3n) is 4.26. The van der Waals surface area contributed by atoms with Gasteiger partial charge < -0.3 is 10.2 Å². The lowest BCUT2D eigenvalue weighted by Gasteiger charge is -2.18. The van der Waals surface area contributed by atoms with E-state index in [1.165, 1.54) is 0 Å². The molecule has 26 heavy (non-hydrogen) atoms. The number of carbonyl (C=O) groups is 2. The van der Waals surface area contributed by atoms with E-state index in [-0.39, 0.29) is 17.5 Å². The van der Waals surface area contributed by atoms with Gasteiger partial charge in [-0.25, -0.2) is 0 Å². The molecule has 0 atom stereocenters. The molecule has 2 aromatic rings. The SMILES string of the molecule is N#Cc1ccc(/C=C(\NC(=O)c2ccccc2)C(=O)N2CCCC2)cc1. The molecule has 2 amide bonds. The Kier molecular flexibility index (Phi) is 5.45. The van der Waals surface area contributed by atoms with Crippen molar-refractivity contribution in [3.8, 4) is 6.07 Å². The second-order valence-electron chi connectivity index (χ2n) is 6.11. The largest absolute Gasteiger partial charge is 0.337 e. The zero-order valence-corrected chi connectivity index (χ0v) is 14.3. The monoisotopic (exact) mass is 345 g/mol. The molecule has 0 aromatic heterocycles. The molecule has 1 heterocycles. The van der Waals surface area contributed by atoms with E-state index in [4.69, 9.17) is 5.26 Å². The molecule has 3 rings (SSSR count). The van der Waals surface area contributed by atoms with Crippen LogP contribution in [-0.4, -0.2) is 29.8 Å². The fourth-order valence-corrected chi connectivity index (χ4v) is 2.85. The molecular formula is C21H19N3O2. The summed E-state index contributed by atoms with van der Waals surface area (Å²) < 4.78 is 0. The molecule has 2 aromatic carbocycles. The van der Waals surface area contributed by atoms with E-state index in [9.17, 15) is 9.59 Å². The van der Waals surface area contributed by atoms with E-state index in [0.29, 0.717) is 24.2 Å². The summed E-state index contributed by atoms with van der Waals surface area (Å²) in [6.07, 6.45) is 3.60. The number of hydrogen-bond acceptors (Lipinski definition) is 3. The predicted molar refractivity (Wildman–Crippen MR) is 98.9 cm³/mol. The molecule has 0 spiro atoms. The van der Waals surface area contributed by atoms with Crippen molar-refractivity contribution in [1.82, 2.24) is 10.2 Å². The van der Waals surface area contributed by atoms with Gasteiger partial charge in [0.25, 0.3) is 11.8 Å². The van der Waals surface area contributed by atoms with E-state index in [0.717, 1.165) is 18.4 Å². The Morgan fingerprint density at radius 1 is 1.00 bits per heavy atom. The number of nitrogens with zero attached hydrogens (tertiary/aromatic N) is 2. The fraction of sp³-hybridized carbons (Fsp3) is 0.190. The van der Waals surface area contributed by atoms with Gasteiger partial charge in [-0.1, -0.05) is 30.3 Å². The quantitative estimate of drug-likeness (QED) is 0.866. The molecule has 0 radical (unpaired) electrons. The number of likely N-dealkylation sites (tertiary alicyclic amines) is 1. The lowest BCUT2D eigenvalue weighted by Crippen LogP contribution is -2.36. The first-order valence-corrected chi connectivity index (χ1v) is 8.55. The molecule has 5 heteroatoms. The number of nitrogens with one attached hydrogen (secondary N) is 1. The zero-order chi connectivity index (χ0) is 18.4. The van der Waals surface area contributed by atoms with Crippen molar-refractivity contribution in [3.05, 3.63) is 77.0 Å². The van der Waals surface area contributed by atoms with Crippen LogP contribution < -0.4 is 5.32 Å². The van der Waals surface area contributed by atoms with E-state index in [1.807, 2.05) is 6.07 Å². The smallest absolute Gasteiger partial charge is 0.270 e. The molecule has 1 aliphatic rings. The van der Waals surface area contributed by atoms with Crippen LogP contribution in [0.1, 0.15) is 34.3 Å². The minimum absolute atomic E-state index is 0.184. The van der Waals surface area contributed by atoms with Crippen molar-refractivity contribution in [3.63, 3.8) is 0 Å². The van der Waals surface area contributed by atoms with Crippen molar-refractivity contribution >= 4 is 17.9 Å². The number of hydrogen-bond donors (Lipinski definition) is 1. The summed E-state index contributed by atoms with van der Waals surface area (Å²) in [5.74, 6) is -0.505. The minimum Gasteiger partial charge on any atom is -0.337 e. The second-order valence-corrected chi connectivity index (χ2v) is 6.11. The Morgan fingerprint density at radius 2 is 1.65 bits per heavy atom. The van der Waals surface area contributed by atoms with Crippen LogP contribution in [0.2, 0.25) is 0 Å². The molecule has 1 aliphatic heterocycles. The van der Waals surface area contributed by atoms with Gasteiger partial charge in [0.15, 0.2) is 0 Å². The van der Waals surface area contributed by atoms with Crippen LogP contribution in [0.4, 0.5) is 0 Å². The predicted octanol–water partition coefficient (Wildman–Crippen LogP) is 2.95. The van der Waals surface area contributed by atoms with Gasteiger partial charge in [-0.15, -0.1) is 0 Å². The highest BCUT2D eigenvalue weighted by Gasteiger charge is 2.23. The summed E-state index contributed by atoms with van der Waals surface area (Å²) >= 11 is 0. The summed E-state index contributed by atoms with van der Waals surface area (Å²) in [5, 5.41) is 11.7. The highest BCUT2D eigenvalue weighted by molar-refractivity contribution is 6.05. The van der Waals surface area contributed by atoms with Gasteiger partial charge in [0.2, 0.25) is 0 Å². The number of amides is 2. The van der Waals surface area contributed by atoms with Crippen molar-refractivity contribution in [2.75, 3.05) is 13.1 Å². The van der Waals surface area contributed by atoms with Crippen molar-refractivity contribution in [2.24, 2.45) is 0 Å². The van der Waals surface area contributed by atoms with Crippen LogP contribution in [-0.2, 0) is 4.79 Å². The van der Waals surface area contributed by atoms with Gasteiger partial charge >= 0.3 is 0 Å². The lowest BCUT2D eigenvalue weighted by atomic mass is 10.1. The van der Waals surface area contributed by atoms with Crippen LogP contribution in [0.25, 0.3) is 6.08 Å². The van der Waals surface area contributed by atoms with Gasteiger partial charge in [0.05, 0.1) is 11.6 Å². The Labute approximate surface area is 152 Å².